The molecule has 1 N–H and O–H groups in total. The minimum atomic E-state index is 0.993. The number of aromatic amines is 1. The van der Waals surface area contributed by atoms with Gasteiger partial charge in [-0.1, -0.05) is 12.1 Å². The summed E-state index contributed by atoms with van der Waals surface area (Å²) in [5.41, 5.74) is 2.65. The SMILES string of the molecule is c1cc2cc(CN3CCN(Cc4cn[nH]c4)CC3)ccc2cn1. The van der Waals surface area contributed by atoms with E-state index in [4.69, 9.17) is 0 Å². The molecule has 118 valence electrons. The van der Waals surface area contributed by atoms with Crippen LogP contribution in [-0.2, 0) is 13.1 Å². The number of aromatic nitrogens is 3. The Hall–Kier alpha value is -2.24. The van der Waals surface area contributed by atoms with Crippen molar-refractivity contribution in [2.24, 2.45) is 0 Å². The molecule has 0 atom stereocenters. The Bertz CT molecular complexity index is 760. The van der Waals surface area contributed by atoms with Crippen LogP contribution < -0.4 is 0 Å². The van der Waals surface area contributed by atoms with Gasteiger partial charge >= 0.3 is 0 Å². The highest BCUT2D eigenvalue weighted by atomic mass is 15.3. The molecule has 1 saturated heterocycles. The van der Waals surface area contributed by atoms with Gasteiger partial charge in [0.25, 0.3) is 0 Å². The first-order valence-corrected chi connectivity index (χ1v) is 8.12. The topological polar surface area (TPSA) is 48.0 Å². The van der Waals surface area contributed by atoms with Crippen LogP contribution >= 0.6 is 0 Å². The number of fused-ring (bicyclic) bond motifs is 1. The Balaban J connectivity index is 1.35. The van der Waals surface area contributed by atoms with Gasteiger partial charge in [-0.05, 0) is 23.1 Å². The van der Waals surface area contributed by atoms with Crippen LogP contribution in [0.15, 0.2) is 49.1 Å². The summed E-state index contributed by atoms with van der Waals surface area (Å²) in [5.74, 6) is 0. The predicted molar refractivity (Wildman–Crippen MR) is 90.9 cm³/mol. The van der Waals surface area contributed by atoms with E-state index in [0.29, 0.717) is 0 Å². The predicted octanol–water partition coefficient (Wildman–Crippen LogP) is 2.28. The second-order valence-electron chi connectivity index (χ2n) is 6.22. The van der Waals surface area contributed by atoms with E-state index in [1.807, 2.05) is 24.8 Å². The lowest BCUT2D eigenvalue weighted by Crippen LogP contribution is -2.45. The smallest absolute Gasteiger partial charge is 0.0532 e. The fourth-order valence-corrected chi connectivity index (χ4v) is 3.22. The van der Waals surface area contributed by atoms with Crippen LogP contribution in [0.1, 0.15) is 11.1 Å². The lowest BCUT2D eigenvalue weighted by atomic mass is 10.1. The molecule has 0 saturated carbocycles. The summed E-state index contributed by atoms with van der Waals surface area (Å²) in [6.07, 6.45) is 7.68. The third kappa shape index (κ3) is 3.41. The first kappa shape index (κ1) is 14.4. The van der Waals surface area contributed by atoms with Crippen molar-refractivity contribution in [2.45, 2.75) is 13.1 Å². The van der Waals surface area contributed by atoms with Crippen molar-refractivity contribution < 1.29 is 0 Å². The summed E-state index contributed by atoms with van der Waals surface area (Å²) < 4.78 is 0. The summed E-state index contributed by atoms with van der Waals surface area (Å²) >= 11 is 0. The van der Waals surface area contributed by atoms with Gasteiger partial charge in [0.05, 0.1) is 6.20 Å². The molecular weight excluding hydrogens is 286 g/mol. The minimum Gasteiger partial charge on any atom is -0.297 e. The van der Waals surface area contributed by atoms with Gasteiger partial charge < -0.3 is 0 Å². The molecule has 1 fully saturated rings. The van der Waals surface area contributed by atoms with E-state index in [2.05, 4.69) is 49.2 Å². The van der Waals surface area contributed by atoms with Crippen molar-refractivity contribution in [1.82, 2.24) is 25.0 Å². The third-order valence-corrected chi connectivity index (χ3v) is 4.54. The molecule has 1 aromatic carbocycles. The Morgan fingerprint density at radius 1 is 0.870 bits per heavy atom. The molecule has 0 aliphatic carbocycles. The van der Waals surface area contributed by atoms with Gasteiger partial charge in [0.1, 0.15) is 0 Å². The molecule has 0 amide bonds. The largest absolute Gasteiger partial charge is 0.297 e. The highest BCUT2D eigenvalue weighted by molar-refractivity contribution is 5.81. The van der Waals surface area contributed by atoms with E-state index in [1.165, 1.54) is 21.9 Å². The number of H-pyrrole nitrogens is 1. The molecule has 0 spiro atoms. The number of nitrogens with zero attached hydrogens (tertiary/aromatic N) is 4. The molecule has 0 unspecified atom stereocenters. The zero-order valence-electron chi connectivity index (χ0n) is 13.2. The minimum absolute atomic E-state index is 0.993. The molecule has 5 heteroatoms. The Morgan fingerprint density at radius 2 is 1.65 bits per heavy atom. The van der Waals surface area contributed by atoms with Gasteiger partial charge in [0, 0.05) is 68.8 Å². The van der Waals surface area contributed by atoms with E-state index in [0.717, 1.165) is 39.3 Å². The van der Waals surface area contributed by atoms with E-state index in [9.17, 15) is 0 Å². The fourth-order valence-electron chi connectivity index (χ4n) is 3.22. The molecule has 3 heterocycles. The molecule has 3 aromatic rings. The third-order valence-electron chi connectivity index (χ3n) is 4.54. The molecule has 2 aromatic heterocycles. The lowest BCUT2D eigenvalue weighted by molar-refractivity contribution is 0.122. The average molecular weight is 307 g/mol. The second-order valence-corrected chi connectivity index (χ2v) is 6.22. The highest BCUT2D eigenvalue weighted by Crippen LogP contribution is 2.17. The van der Waals surface area contributed by atoms with Gasteiger partial charge in [-0.15, -0.1) is 0 Å². The molecular formula is C18H21N5. The monoisotopic (exact) mass is 307 g/mol. The Kier molecular flexibility index (Phi) is 4.05. The van der Waals surface area contributed by atoms with Crippen molar-refractivity contribution >= 4 is 10.8 Å². The van der Waals surface area contributed by atoms with Gasteiger partial charge in [0.15, 0.2) is 0 Å². The number of rotatable bonds is 4. The summed E-state index contributed by atoms with van der Waals surface area (Å²) in [6.45, 7) is 6.48. The molecule has 1 aliphatic rings. The first-order chi connectivity index (χ1) is 11.4. The van der Waals surface area contributed by atoms with Crippen LogP contribution in [0.4, 0.5) is 0 Å². The highest BCUT2D eigenvalue weighted by Gasteiger charge is 2.17. The summed E-state index contributed by atoms with van der Waals surface area (Å²) in [4.78, 5) is 9.20. The van der Waals surface area contributed by atoms with Crippen LogP contribution in [-0.4, -0.2) is 51.2 Å². The van der Waals surface area contributed by atoms with Crippen molar-refractivity contribution in [1.29, 1.82) is 0 Å². The summed E-state index contributed by atoms with van der Waals surface area (Å²) in [7, 11) is 0. The summed E-state index contributed by atoms with van der Waals surface area (Å²) in [5, 5.41) is 9.38. The van der Waals surface area contributed by atoms with Gasteiger partial charge in [-0.3, -0.25) is 19.9 Å². The van der Waals surface area contributed by atoms with Crippen molar-refractivity contribution in [2.75, 3.05) is 26.2 Å². The number of piperazine rings is 1. The molecule has 0 radical (unpaired) electrons. The van der Waals surface area contributed by atoms with Crippen LogP contribution in [0, 0.1) is 0 Å². The van der Waals surface area contributed by atoms with Crippen molar-refractivity contribution in [3.05, 3.63) is 60.2 Å². The number of nitrogens with one attached hydrogen (secondary N) is 1. The fraction of sp³-hybridized carbons (Fsp3) is 0.333. The molecule has 0 bridgehead atoms. The van der Waals surface area contributed by atoms with Gasteiger partial charge in [-0.2, -0.15) is 5.10 Å². The van der Waals surface area contributed by atoms with Crippen LogP contribution in [0.25, 0.3) is 10.8 Å². The zero-order valence-corrected chi connectivity index (χ0v) is 13.2. The lowest BCUT2D eigenvalue weighted by Gasteiger charge is -2.34. The number of hydrogen-bond donors (Lipinski definition) is 1. The first-order valence-electron chi connectivity index (χ1n) is 8.12. The normalized spacial score (nSPS) is 16.9. The molecule has 4 rings (SSSR count). The maximum absolute atomic E-state index is 4.17. The van der Waals surface area contributed by atoms with Gasteiger partial charge in [-0.25, -0.2) is 0 Å². The van der Waals surface area contributed by atoms with Crippen molar-refractivity contribution in [3.63, 3.8) is 0 Å². The Labute approximate surface area is 135 Å². The zero-order chi connectivity index (χ0) is 15.5. The summed E-state index contributed by atoms with van der Waals surface area (Å²) in [6, 6.07) is 8.77. The van der Waals surface area contributed by atoms with E-state index in [-0.39, 0.29) is 0 Å². The van der Waals surface area contributed by atoms with Crippen molar-refractivity contribution in [3.8, 4) is 0 Å². The number of benzene rings is 1. The quantitative estimate of drug-likeness (QED) is 0.803. The average Bonchev–Trinajstić information content (AvgIpc) is 3.10. The standard InChI is InChI=1S/C18H21N5/c1-2-18-12-19-4-3-17(18)9-15(1)13-22-5-7-23(8-6-22)14-16-10-20-21-11-16/h1-4,9-12H,5-8,13-14H2,(H,20,21). The molecule has 1 aliphatic heterocycles. The molecule has 5 nitrogen and oxygen atoms in total. The van der Waals surface area contributed by atoms with E-state index >= 15 is 0 Å². The Morgan fingerprint density at radius 3 is 2.39 bits per heavy atom. The van der Waals surface area contributed by atoms with Crippen LogP contribution in [0.5, 0.6) is 0 Å². The molecule has 23 heavy (non-hydrogen) atoms. The second kappa shape index (κ2) is 6.48. The van der Waals surface area contributed by atoms with Gasteiger partial charge in [0.2, 0.25) is 0 Å². The number of pyridine rings is 1. The van der Waals surface area contributed by atoms with Crippen LogP contribution in [0.2, 0.25) is 0 Å². The van der Waals surface area contributed by atoms with Crippen LogP contribution in [0.3, 0.4) is 0 Å². The van der Waals surface area contributed by atoms with E-state index < -0.39 is 0 Å². The van der Waals surface area contributed by atoms with E-state index in [1.54, 1.807) is 0 Å². The maximum atomic E-state index is 4.17. The number of hydrogen-bond acceptors (Lipinski definition) is 4. The maximum Gasteiger partial charge on any atom is 0.0532 e.